The van der Waals surface area contributed by atoms with E-state index in [0.29, 0.717) is 48.3 Å². The van der Waals surface area contributed by atoms with Crippen molar-refractivity contribution in [2.45, 2.75) is 52.7 Å². The Morgan fingerprint density at radius 2 is 1.74 bits per heavy atom. The van der Waals surface area contributed by atoms with Gasteiger partial charge < -0.3 is 25.6 Å². The molecule has 202 valence electrons. The first kappa shape index (κ1) is 28.7. The van der Waals surface area contributed by atoms with Gasteiger partial charge in [0.2, 0.25) is 0 Å². The Kier molecular flexibility index (Phi) is 9.91. The fraction of sp³-hybridized carbons (Fsp3) is 0.355. The average molecular weight is 518 g/mol. The molecule has 7 nitrogen and oxygen atoms in total. The number of rotatable bonds is 14. The number of anilines is 1. The summed E-state index contributed by atoms with van der Waals surface area (Å²) in [5.74, 6) is -0.134. The third kappa shape index (κ3) is 7.35. The zero-order chi connectivity index (χ0) is 27.7. The van der Waals surface area contributed by atoms with E-state index in [1.807, 2.05) is 36.4 Å². The lowest BCUT2D eigenvalue weighted by atomic mass is 9.85. The second kappa shape index (κ2) is 13.1. The smallest absolute Gasteiger partial charge is 0.333 e. The summed E-state index contributed by atoms with van der Waals surface area (Å²) in [7, 11) is 0. The molecule has 1 unspecified atom stereocenters. The van der Waals surface area contributed by atoms with E-state index in [1.54, 1.807) is 31.2 Å². The van der Waals surface area contributed by atoms with E-state index in [9.17, 15) is 9.90 Å². The summed E-state index contributed by atoms with van der Waals surface area (Å²) in [6, 6.07) is 20.8. The third-order valence-corrected chi connectivity index (χ3v) is 6.40. The lowest BCUT2D eigenvalue weighted by molar-refractivity contribution is -0.142. The molecule has 3 rings (SSSR count). The molecule has 0 spiro atoms. The second-order valence-corrected chi connectivity index (χ2v) is 10.0. The van der Waals surface area contributed by atoms with E-state index in [4.69, 9.17) is 20.6 Å². The van der Waals surface area contributed by atoms with E-state index >= 15 is 0 Å². The Bertz CT molecular complexity index is 1230. The molecule has 0 saturated heterocycles. The molecule has 0 aliphatic rings. The van der Waals surface area contributed by atoms with Crippen LogP contribution in [0.25, 0.3) is 0 Å². The number of carboxylic acids is 1. The van der Waals surface area contributed by atoms with Crippen molar-refractivity contribution in [1.29, 1.82) is 5.41 Å². The Labute approximate surface area is 225 Å². The van der Waals surface area contributed by atoms with Crippen molar-refractivity contribution in [2.75, 3.05) is 18.5 Å². The van der Waals surface area contributed by atoms with Crippen molar-refractivity contribution in [3.05, 3.63) is 94.5 Å². The summed E-state index contributed by atoms with van der Waals surface area (Å²) in [5, 5.41) is 21.3. The summed E-state index contributed by atoms with van der Waals surface area (Å²) < 4.78 is 12.1. The summed E-state index contributed by atoms with van der Waals surface area (Å²) in [5.41, 5.74) is 8.96. The van der Waals surface area contributed by atoms with E-state index < -0.39 is 11.5 Å². The molecule has 0 aliphatic heterocycles. The molecule has 0 saturated carbocycles. The molecule has 38 heavy (non-hydrogen) atoms. The lowest BCUT2D eigenvalue weighted by Crippen LogP contribution is -2.41. The van der Waals surface area contributed by atoms with E-state index in [2.05, 4.69) is 32.2 Å². The maximum Gasteiger partial charge on any atom is 0.333 e. The van der Waals surface area contributed by atoms with Gasteiger partial charge >= 0.3 is 5.97 Å². The minimum absolute atomic E-state index is 0.0447. The minimum Gasteiger partial charge on any atom is -0.491 e. The van der Waals surface area contributed by atoms with Crippen LogP contribution in [0.2, 0.25) is 0 Å². The van der Waals surface area contributed by atoms with E-state index in [-0.39, 0.29) is 5.84 Å². The number of ether oxygens (including phenoxy) is 2. The van der Waals surface area contributed by atoms with Gasteiger partial charge in [-0.1, -0.05) is 57.2 Å². The fourth-order valence-corrected chi connectivity index (χ4v) is 4.32. The monoisotopic (exact) mass is 517 g/mol. The molecule has 1 atom stereocenters. The van der Waals surface area contributed by atoms with E-state index in [0.717, 1.165) is 29.5 Å². The number of nitrogens with one attached hydrogen (secondary N) is 2. The van der Waals surface area contributed by atoms with Gasteiger partial charge in [-0.05, 0) is 72.7 Å². The van der Waals surface area contributed by atoms with Crippen LogP contribution in [0.5, 0.6) is 5.75 Å². The van der Waals surface area contributed by atoms with Crippen molar-refractivity contribution in [3.8, 4) is 5.75 Å². The van der Waals surface area contributed by atoms with Crippen molar-refractivity contribution in [3.63, 3.8) is 0 Å². The topological polar surface area (TPSA) is 118 Å². The molecule has 0 bridgehead atoms. The normalized spacial score (nSPS) is 12.7. The highest BCUT2D eigenvalue weighted by atomic mass is 16.5. The van der Waals surface area contributed by atoms with Crippen molar-refractivity contribution >= 4 is 17.5 Å². The molecule has 0 aliphatic carbocycles. The molecular weight excluding hydrogens is 478 g/mol. The maximum atomic E-state index is 12.8. The summed E-state index contributed by atoms with van der Waals surface area (Å²) >= 11 is 0. The van der Waals surface area contributed by atoms with Crippen LogP contribution in [-0.4, -0.2) is 30.1 Å². The third-order valence-electron chi connectivity index (χ3n) is 6.40. The first-order chi connectivity index (χ1) is 18.1. The highest BCUT2D eigenvalue weighted by molar-refractivity contribution is 5.95. The van der Waals surface area contributed by atoms with Crippen LogP contribution in [0, 0.1) is 11.3 Å². The van der Waals surface area contributed by atoms with Gasteiger partial charge in [-0.2, -0.15) is 0 Å². The predicted octanol–water partition coefficient (Wildman–Crippen LogP) is 5.74. The van der Waals surface area contributed by atoms with Crippen LogP contribution < -0.4 is 15.8 Å². The average Bonchev–Trinajstić information content (AvgIpc) is 2.89. The van der Waals surface area contributed by atoms with Gasteiger partial charge in [-0.3, -0.25) is 5.41 Å². The highest BCUT2D eigenvalue weighted by Crippen LogP contribution is 2.38. The number of carboxylic acid groups (broad SMARTS) is 1. The van der Waals surface area contributed by atoms with Gasteiger partial charge in [0, 0.05) is 16.8 Å². The van der Waals surface area contributed by atoms with Crippen LogP contribution in [0.3, 0.4) is 0 Å². The molecule has 0 amide bonds. The maximum absolute atomic E-state index is 12.8. The van der Waals surface area contributed by atoms with Crippen molar-refractivity contribution in [1.82, 2.24) is 0 Å². The molecule has 7 heteroatoms. The minimum atomic E-state index is -1.48. The number of hydrogen-bond acceptors (Lipinski definition) is 5. The largest absolute Gasteiger partial charge is 0.491 e. The number of aryl methyl sites for hydroxylation is 1. The second-order valence-electron chi connectivity index (χ2n) is 10.0. The Morgan fingerprint density at radius 3 is 2.32 bits per heavy atom. The number of nitrogen functional groups attached to an aromatic ring is 1. The lowest BCUT2D eigenvalue weighted by Gasteiger charge is -2.31. The summed E-state index contributed by atoms with van der Waals surface area (Å²) in [6.45, 7) is 9.12. The van der Waals surface area contributed by atoms with Crippen LogP contribution in [0.15, 0.2) is 66.7 Å². The Balaban J connectivity index is 1.94. The molecular formula is C31H39N3O4. The SMILES string of the molecule is CCc1cc(CC(C)C)c(OCCOCc2ccccc2)c(C(C)(Nc2ccc(C(=N)N)cc2)C(=O)O)c1. The molecule has 0 fully saturated rings. The predicted molar refractivity (Wildman–Crippen MR) is 152 cm³/mol. The van der Waals surface area contributed by atoms with Gasteiger partial charge in [-0.15, -0.1) is 0 Å². The number of benzene rings is 3. The van der Waals surface area contributed by atoms with Gasteiger partial charge in [0.1, 0.15) is 18.2 Å². The summed E-state index contributed by atoms with van der Waals surface area (Å²) in [6.07, 6.45) is 1.52. The standard InChI is InChI=1S/C31H39N3O4/c1-5-22-18-25(17-21(2)3)28(38-16-15-37-20-23-9-7-6-8-10-23)27(19-22)31(4,30(35)36)34-26-13-11-24(12-14-26)29(32)33/h6-14,18-19,21,34H,5,15-17,20H2,1-4H3,(H3,32,33)(H,35,36). The number of nitrogens with two attached hydrogens (primary N) is 1. The first-order valence-corrected chi connectivity index (χ1v) is 13.0. The van der Waals surface area contributed by atoms with E-state index in [1.165, 1.54) is 0 Å². The molecule has 3 aromatic carbocycles. The quantitative estimate of drug-likeness (QED) is 0.123. The molecule has 0 radical (unpaired) electrons. The van der Waals surface area contributed by atoms with Gasteiger partial charge in [0.15, 0.2) is 5.54 Å². The molecule has 0 aromatic heterocycles. The molecule has 0 heterocycles. The van der Waals surface area contributed by atoms with Gasteiger partial charge in [-0.25, -0.2) is 4.79 Å². The fourth-order valence-electron chi connectivity index (χ4n) is 4.32. The summed E-state index contributed by atoms with van der Waals surface area (Å²) in [4.78, 5) is 12.8. The Morgan fingerprint density at radius 1 is 1.05 bits per heavy atom. The van der Waals surface area contributed by atoms with Gasteiger partial charge in [0.25, 0.3) is 0 Å². The number of amidine groups is 1. The van der Waals surface area contributed by atoms with Crippen molar-refractivity contribution < 1.29 is 19.4 Å². The van der Waals surface area contributed by atoms with Crippen LogP contribution in [-0.2, 0) is 34.5 Å². The number of hydrogen-bond donors (Lipinski definition) is 4. The van der Waals surface area contributed by atoms with Crippen LogP contribution in [0.4, 0.5) is 5.69 Å². The van der Waals surface area contributed by atoms with Crippen LogP contribution >= 0.6 is 0 Å². The zero-order valence-electron chi connectivity index (χ0n) is 22.7. The van der Waals surface area contributed by atoms with Crippen LogP contribution in [0.1, 0.15) is 55.5 Å². The number of carbonyl (C=O) groups is 1. The number of aliphatic carboxylic acids is 1. The van der Waals surface area contributed by atoms with Gasteiger partial charge in [0.05, 0.1) is 13.2 Å². The van der Waals surface area contributed by atoms with Crippen molar-refractivity contribution in [2.24, 2.45) is 11.7 Å². The molecule has 3 aromatic rings. The highest BCUT2D eigenvalue weighted by Gasteiger charge is 2.39. The zero-order valence-corrected chi connectivity index (χ0v) is 22.7. The first-order valence-electron chi connectivity index (χ1n) is 13.0. The Hall–Kier alpha value is -3.84. The molecule has 5 N–H and O–H groups in total.